The summed E-state index contributed by atoms with van der Waals surface area (Å²) in [6, 6.07) is 5.28. The van der Waals surface area contributed by atoms with Crippen molar-refractivity contribution in [2.24, 2.45) is 5.92 Å². The summed E-state index contributed by atoms with van der Waals surface area (Å²) in [6.07, 6.45) is 2.45. The molecule has 0 radical (unpaired) electrons. The molecule has 0 spiro atoms. The summed E-state index contributed by atoms with van der Waals surface area (Å²) in [5, 5.41) is 0. The van der Waals surface area contributed by atoms with Gasteiger partial charge in [0.25, 0.3) is 0 Å². The minimum Gasteiger partial charge on any atom is -0.378 e. The van der Waals surface area contributed by atoms with Crippen molar-refractivity contribution < 1.29 is 21.6 Å². The smallest absolute Gasteiger partial charge is 0.243 e. The van der Waals surface area contributed by atoms with E-state index in [1.165, 1.54) is 4.31 Å². The van der Waals surface area contributed by atoms with Gasteiger partial charge in [0.2, 0.25) is 26.0 Å². The molecular weight excluding hydrogens is 402 g/mol. The Kier molecular flexibility index (Phi) is 5.50. The number of anilines is 1. The van der Waals surface area contributed by atoms with Gasteiger partial charge in [-0.05, 0) is 37.1 Å². The van der Waals surface area contributed by atoms with Crippen molar-refractivity contribution in [1.82, 2.24) is 8.61 Å². The lowest BCUT2D eigenvalue weighted by Crippen LogP contribution is -2.43. The van der Waals surface area contributed by atoms with Crippen molar-refractivity contribution in [3.63, 3.8) is 0 Å². The topological polar surface area (TPSA) is 95.1 Å². The first-order valence-electron chi connectivity index (χ1n) is 9.32. The molecule has 2 fully saturated rings. The van der Waals surface area contributed by atoms with E-state index >= 15 is 0 Å². The molecule has 0 aromatic heterocycles. The number of carbonyl (C=O) groups excluding carboxylic acids is 1. The Morgan fingerprint density at radius 1 is 1.11 bits per heavy atom. The van der Waals surface area contributed by atoms with Crippen LogP contribution >= 0.6 is 0 Å². The van der Waals surface area contributed by atoms with Crippen LogP contribution in [0.25, 0.3) is 0 Å². The van der Waals surface area contributed by atoms with E-state index in [-0.39, 0.29) is 11.4 Å². The second-order valence-corrected chi connectivity index (χ2v) is 11.4. The van der Waals surface area contributed by atoms with Crippen LogP contribution in [-0.2, 0) is 24.8 Å². The fourth-order valence-corrected chi connectivity index (χ4v) is 7.20. The molecule has 2 aliphatic rings. The van der Waals surface area contributed by atoms with Crippen LogP contribution in [0.3, 0.4) is 0 Å². The number of sulfonamides is 2. The molecule has 2 saturated heterocycles. The maximum atomic E-state index is 13.3. The number of fused-ring (bicyclic) bond motifs is 1. The minimum atomic E-state index is -3.84. The number of nitrogens with zero attached hydrogens (tertiary/aromatic N) is 3. The maximum Gasteiger partial charge on any atom is 0.243 e. The van der Waals surface area contributed by atoms with E-state index < -0.39 is 44.0 Å². The van der Waals surface area contributed by atoms with Gasteiger partial charge in [-0.1, -0.05) is 13.3 Å². The number of rotatable bonds is 6. The minimum absolute atomic E-state index is 0.152. The number of carbonyl (C=O) groups is 1. The van der Waals surface area contributed by atoms with Crippen LogP contribution in [0, 0.1) is 5.92 Å². The molecule has 1 aromatic carbocycles. The van der Waals surface area contributed by atoms with Crippen molar-refractivity contribution in [1.29, 1.82) is 0 Å². The van der Waals surface area contributed by atoms with E-state index in [2.05, 4.69) is 0 Å². The maximum absolute atomic E-state index is 13.3. The zero-order chi connectivity index (χ0) is 20.9. The van der Waals surface area contributed by atoms with Crippen molar-refractivity contribution in [2.45, 2.75) is 43.2 Å². The molecule has 2 heterocycles. The summed E-state index contributed by atoms with van der Waals surface area (Å²) in [4.78, 5) is 14.8. The van der Waals surface area contributed by atoms with Crippen LogP contribution in [0.15, 0.2) is 29.2 Å². The van der Waals surface area contributed by atoms with Gasteiger partial charge in [0.15, 0.2) is 0 Å². The second kappa shape index (κ2) is 7.31. The predicted molar refractivity (Wildman–Crippen MR) is 107 cm³/mol. The Hall–Kier alpha value is -1.65. The van der Waals surface area contributed by atoms with E-state index in [1.54, 1.807) is 24.3 Å². The molecule has 2 aliphatic heterocycles. The average molecular weight is 430 g/mol. The number of hydrogen-bond donors (Lipinski definition) is 0. The molecule has 3 atom stereocenters. The quantitative estimate of drug-likeness (QED) is 0.672. The highest BCUT2D eigenvalue weighted by molar-refractivity contribution is 7.89. The number of benzene rings is 1. The van der Waals surface area contributed by atoms with Crippen LogP contribution in [0.4, 0.5) is 5.69 Å². The Morgan fingerprint density at radius 2 is 1.71 bits per heavy atom. The summed E-state index contributed by atoms with van der Waals surface area (Å²) >= 11 is 0. The molecule has 8 nitrogen and oxygen atoms in total. The number of amides is 1. The fraction of sp³-hybridized carbons (Fsp3) is 0.611. The summed E-state index contributed by atoms with van der Waals surface area (Å²) < 4.78 is 53.3. The van der Waals surface area contributed by atoms with Crippen LogP contribution in [0.5, 0.6) is 0 Å². The first-order valence-corrected chi connectivity index (χ1v) is 12.6. The molecule has 1 aromatic rings. The molecule has 0 saturated carbocycles. The SMILES string of the molecule is CCC[C@H]1C(=O)N(S(C)(=O)=O)[C@H]2CCN(S(=O)(=O)c3ccc(N(C)C)cc3)[C@H]12. The molecule has 1 amide bonds. The molecule has 28 heavy (non-hydrogen) atoms. The lowest BCUT2D eigenvalue weighted by Gasteiger charge is -2.27. The summed E-state index contributed by atoms with van der Waals surface area (Å²) in [7, 11) is -3.85. The van der Waals surface area contributed by atoms with E-state index in [4.69, 9.17) is 0 Å². The van der Waals surface area contributed by atoms with Gasteiger partial charge in [-0.25, -0.2) is 21.1 Å². The third-order valence-electron chi connectivity index (χ3n) is 5.54. The largest absolute Gasteiger partial charge is 0.378 e. The van der Waals surface area contributed by atoms with Crippen LogP contribution < -0.4 is 4.90 Å². The van der Waals surface area contributed by atoms with Gasteiger partial charge < -0.3 is 4.90 Å². The monoisotopic (exact) mass is 429 g/mol. The normalized spacial score (nSPS) is 25.9. The molecule has 0 N–H and O–H groups in total. The molecule has 0 aliphatic carbocycles. The van der Waals surface area contributed by atoms with Gasteiger partial charge in [-0.2, -0.15) is 4.31 Å². The summed E-state index contributed by atoms with van der Waals surface area (Å²) in [5.74, 6) is -1.12. The summed E-state index contributed by atoms with van der Waals surface area (Å²) in [5.41, 5.74) is 0.876. The molecule has 0 bridgehead atoms. The first-order chi connectivity index (χ1) is 13.0. The van der Waals surface area contributed by atoms with Gasteiger partial charge in [-0.15, -0.1) is 0 Å². The van der Waals surface area contributed by atoms with Gasteiger partial charge in [0.05, 0.1) is 29.2 Å². The highest BCUT2D eigenvalue weighted by Crippen LogP contribution is 2.42. The van der Waals surface area contributed by atoms with E-state index in [0.29, 0.717) is 19.3 Å². The summed E-state index contributed by atoms with van der Waals surface area (Å²) in [6.45, 7) is 2.10. The van der Waals surface area contributed by atoms with Gasteiger partial charge in [0.1, 0.15) is 0 Å². The molecule has 0 unspecified atom stereocenters. The van der Waals surface area contributed by atoms with Crippen LogP contribution in [0.2, 0.25) is 0 Å². The predicted octanol–water partition coefficient (Wildman–Crippen LogP) is 1.10. The van der Waals surface area contributed by atoms with Crippen molar-refractivity contribution in [3.05, 3.63) is 24.3 Å². The molecule has 3 rings (SSSR count). The lowest BCUT2D eigenvalue weighted by atomic mass is 9.95. The van der Waals surface area contributed by atoms with Crippen molar-refractivity contribution in [2.75, 3.05) is 31.8 Å². The fourth-order valence-electron chi connectivity index (χ4n) is 4.32. The van der Waals surface area contributed by atoms with Crippen molar-refractivity contribution in [3.8, 4) is 0 Å². The Bertz CT molecular complexity index is 957. The highest BCUT2D eigenvalue weighted by atomic mass is 32.2. The second-order valence-electron chi connectivity index (χ2n) is 7.64. The zero-order valence-electron chi connectivity index (χ0n) is 16.6. The van der Waals surface area contributed by atoms with Gasteiger partial charge in [0, 0.05) is 26.3 Å². The average Bonchev–Trinajstić information content (AvgIpc) is 3.13. The van der Waals surface area contributed by atoms with Gasteiger partial charge in [-0.3, -0.25) is 4.79 Å². The third-order valence-corrected chi connectivity index (χ3v) is 8.61. The van der Waals surface area contributed by atoms with E-state index in [9.17, 15) is 21.6 Å². The van der Waals surface area contributed by atoms with Crippen molar-refractivity contribution >= 4 is 31.6 Å². The first kappa shape index (κ1) is 21.1. The van der Waals surface area contributed by atoms with E-state index in [1.807, 2.05) is 25.9 Å². The van der Waals surface area contributed by atoms with Crippen LogP contribution in [0.1, 0.15) is 26.2 Å². The van der Waals surface area contributed by atoms with Gasteiger partial charge >= 0.3 is 0 Å². The highest BCUT2D eigenvalue weighted by Gasteiger charge is 2.58. The molecule has 10 heteroatoms. The third kappa shape index (κ3) is 3.42. The molecule has 156 valence electrons. The zero-order valence-corrected chi connectivity index (χ0v) is 18.2. The Morgan fingerprint density at radius 3 is 2.21 bits per heavy atom. The molecular formula is C18H27N3O5S2. The van der Waals surface area contributed by atoms with E-state index in [0.717, 1.165) is 16.2 Å². The lowest BCUT2D eigenvalue weighted by molar-refractivity contribution is -0.128. The van der Waals surface area contributed by atoms with Crippen LogP contribution in [-0.4, -0.2) is 70.3 Å². The Labute approximate surface area is 167 Å². The standard InChI is InChI=1S/C18H27N3O5S2/c1-5-6-15-17-16(21(18(15)22)27(4,23)24)11-12-20(17)28(25,26)14-9-7-13(8-10-14)19(2)3/h7-10,15-17H,5-6,11-12H2,1-4H3/t15-,16+,17-/m1/s1. The number of hydrogen-bond acceptors (Lipinski definition) is 6. The Balaban J connectivity index is 2.00.